The van der Waals surface area contributed by atoms with Crippen LogP contribution in [0.15, 0.2) is 12.1 Å². The Balaban J connectivity index is 2.94. The first-order chi connectivity index (χ1) is 8.99. The highest BCUT2D eigenvalue weighted by Crippen LogP contribution is 2.21. The third kappa shape index (κ3) is 4.69. The molecule has 0 amide bonds. The predicted molar refractivity (Wildman–Crippen MR) is 87.1 cm³/mol. The highest BCUT2D eigenvalue weighted by molar-refractivity contribution is 7.98. The Morgan fingerprint density at radius 2 is 2.00 bits per heavy atom. The zero-order valence-electron chi connectivity index (χ0n) is 12.8. The second kappa shape index (κ2) is 7.75. The van der Waals surface area contributed by atoms with E-state index >= 15 is 0 Å². The van der Waals surface area contributed by atoms with E-state index in [0.29, 0.717) is 18.5 Å². The first kappa shape index (κ1) is 16.3. The Hall–Kier alpha value is -0.740. The van der Waals surface area contributed by atoms with Crippen molar-refractivity contribution >= 4 is 17.6 Å². The standard InChI is InChI=1S/C15H27N3S/c1-11(2)14-8-13(10-16)9-15(17-14)18(4)12(3)6-7-19-5/h8-9,11-12H,6-7,10,16H2,1-5H3. The smallest absolute Gasteiger partial charge is 0.129 e. The zero-order chi connectivity index (χ0) is 14.4. The molecule has 0 aliphatic carbocycles. The molecule has 1 rings (SSSR count). The molecule has 19 heavy (non-hydrogen) atoms. The largest absolute Gasteiger partial charge is 0.357 e. The van der Waals surface area contributed by atoms with Gasteiger partial charge in [0.05, 0.1) is 0 Å². The highest BCUT2D eigenvalue weighted by Gasteiger charge is 2.13. The van der Waals surface area contributed by atoms with Gasteiger partial charge in [-0.1, -0.05) is 13.8 Å². The molecule has 0 spiro atoms. The predicted octanol–water partition coefficient (Wildman–Crippen LogP) is 3.24. The fourth-order valence-electron chi connectivity index (χ4n) is 1.90. The van der Waals surface area contributed by atoms with Crippen LogP contribution in [0.5, 0.6) is 0 Å². The number of hydrogen-bond acceptors (Lipinski definition) is 4. The van der Waals surface area contributed by atoms with Crippen molar-refractivity contribution in [3.8, 4) is 0 Å². The highest BCUT2D eigenvalue weighted by atomic mass is 32.2. The van der Waals surface area contributed by atoms with Gasteiger partial charge in [-0.2, -0.15) is 11.8 Å². The van der Waals surface area contributed by atoms with Gasteiger partial charge in [0.2, 0.25) is 0 Å². The molecule has 2 N–H and O–H groups in total. The Kier molecular flexibility index (Phi) is 6.66. The van der Waals surface area contributed by atoms with Crippen molar-refractivity contribution in [2.24, 2.45) is 5.73 Å². The summed E-state index contributed by atoms with van der Waals surface area (Å²) in [6, 6.07) is 4.73. The molecule has 108 valence electrons. The Labute approximate surface area is 122 Å². The molecule has 0 aromatic carbocycles. The fourth-order valence-corrected chi connectivity index (χ4v) is 2.47. The molecular formula is C15H27N3S. The van der Waals surface area contributed by atoms with Gasteiger partial charge in [-0.25, -0.2) is 4.98 Å². The van der Waals surface area contributed by atoms with Gasteiger partial charge in [-0.15, -0.1) is 0 Å². The van der Waals surface area contributed by atoms with E-state index in [-0.39, 0.29) is 0 Å². The molecule has 1 heterocycles. The molecule has 4 heteroatoms. The fraction of sp³-hybridized carbons (Fsp3) is 0.667. The van der Waals surface area contributed by atoms with Gasteiger partial charge in [0, 0.05) is 25.3 Å². The van der Waals surface area contributed by atoms with E-state index in [0.717, 1.165) is 17.1 Å². The van der Waals surface area contributed by atoms with E-state index < -0.39 is 0 Å². The molecule has 0 bridgehead atoms. The molecular weight excluding hydrogens is 254 g/mol. The summed E-state index contributed by atoms with van der Waals surface area (Å²) < 4.78 is 0. The Bertz CT molecular complexity index is 393. The van der Waals surface area contributed by atoms with Crippen molar-refractivity contribution < 1.29 is 0 Å². The molecule has 0 aliphatic rings. The number of rotatable bonds is 7. The van der Waals surface area contributed by atoms with Crippen LogP contribution in [0.3, 0.4) is 0 Å². The lowest BCUT2D eigenvalue weighted by Gasteiger charge is -2.27. The van der Waals surface area contributed by atoms with E-state index in [1.807, 2.05) is 11.8 Å². The minimum absolute atomic E-state index is 0.431. The molecule has 1 unspecified atom stereocenters. The number of thioether (sulfide) groups is 1. The SMILES string of the molecule is CSCCC(C)N(C)c1cc(CN)cc(C(C)C)n1. The van der Waals surface area contributed by atoms with Crippen molar-refractivity contribution in [3.05, 3.63) is 23.4 Å². The van der Waals surface area contributed by atoms with E-state index in [4.69, 9.17) is 10.7 Å². The molecule has 1 aromatic heterocycles. The van der Waals surface area contributed by atoms with Gasteiger partial charge >= 0.3 is 0 Å². The van der Waals surface area contributed by atoms with Crippen LogP contribution in [-0.2, 0) is 6.54 Å². The number of anilines is 1. The maximum atomic E-state index is 5.79. The summed E-state index contributed by atoms with van der Waals surface area (Å²) in [5.74, 6) is 2.65. The van der Waals surface area contributed by atoms with E-state index in [1.54, 1.807) is 0 Å². The topological polar surface area (TPSA) is 42.1 Å². The van der Waals surface area contributed by atoms with E-state index in [9.17, 15) is 0 Å². The first-order valence-corrected chi connectivity index (χ1v) is 8.31. The summed E-state index contributed by atoms with van der Waals surface area (Å²) >= 11 is 1.89. The zero-order valence-corrected chi connectivity index (χ0v) is 13.6. The van der Waals surface area contributed by atoms with Crippen LogP contribution in [0.2, 0.25) is 0 Å². The molecule has 0 saturated carbocycles. The molecule has 0 aliphatic heterocycles. The molecule has 0 radical (unpaired) electrons. The maximum Gasteiger partial charge on any atom is 0.129 e. The van der Waals surface area contributed by atoms with Gasteiger partial charge in [-0.3, -0.25) is 0 Å². The van der Waals surface area contributed by atoms with Crippen LogP contribution in [0.4, 0.5) is 5.82 Å². The second-order valence-corrected chi connectivity index (χ2v) is 6.34. The minimum atomic E-state index is 0.431. The van der Waals surface area contributed by atoms with Crippen LogP contribution in [0, 0.1) is 0 Å². The van der Waals surface area contributed by atoms with E-state index in [2.05, 4.69) is 51.1 Å². The first-order valence-electron chi connectivity index (χ1n) is 6.92. The summed E-state index contributed by atoms with van der Waals surface area (Å²) in [5.41, 5.74) is 8.09. The van der Waals surface area contributed by atoms with Crippen LogP contribution in [-0.4, -0.2) is 30.1 Å². The van der Waals surface area contributed by atoms with E-state index in [1.165, 1.54) is 12.2 Å². The average Bonchev–Trinajstić information content (AvgIpc) is 2.43. The summed E-state index contributed by atoms with van der Waals surface area (Å²) in [4.78, 5) is 7.04. The Morgan fingerprint density at radius 3 is 2.53 bits per heavy atom. The lowest BCUT2D eigenvalue weighted by atomic mass is 10.1. The third-order valence-electron chi connectivity index (χ3n) is 3.48. The Morgan fingerprint density at radius 1 is 1.32 bits per heavy atom. The molecule has 0 fully saturated rings. The normalized spacial score (nSPS) is 12.8. The lowest BCUT2D eigenvalue weighted by Crippen LogP contribution is -2.30. The van der Waals surface area contributed by atoms with Crippen LogP contribution in [0.25, 0.3) is 0 Å². The van der Waals surface area contributed by atoms with Crippen molar-refractivity contribution in [2.45, 2.75) is 45.7 Å². The average molecular weight is 281 g/mol. The van der Waals surface area contributed by atoms with Gasteiger partial charge in [-0.05, 0) is 49.0 Å². The van der Waals surface area contributed by atoms with Crippen molar-refractivity contribution in [3.63, 3.8) is 0 Å². The summed E-state index contributed by atoms with van der Waals surface area (Å²) in [7, 11) is 2.12. The summed E-state index contributed by atoms with van der Waals surface area (Å²) in [5, 5.41) is 0. The summed E-state index contributed by atoms with van der Waals surface area (Å²) in [6.45, 7) is 7.16. The lowest BCUT2D eigenvalue weighted by molar-refractivity contribution is 0.658. The monoisotopic (exact) mass is 281 g/mol. The number of aromatic nitrogens is 1. The van der Waals surface area contributed by atoms with Gasteiger partial charge in [0.25, 0.3) is 0 Å². The van der Waals surface area contributed by atoms with Crippen molar-refractivity contribution in [2.75, 3.05) is 24.0 Å². The van der Waals surface area contributed by atoms with Gasteiger partial charge < -0.3 is 10.6 Å². The van der Waals surface area contributed by atoms with Gasteiger partial charge in [0.15, 0.2) is 0 Å². The maximum absolute atomic E-state index is 5.79. The van der Waals surface area contributed by atoms with Crippen LogP contribution in [0.1, 0.15) is 44.4 Å². The van der Waals surface area contributed by atoms with Crippen molar-refractivity contribution in [1.82, 2.24) is 4.98 Å². The molecule has 1 atom stereocenters. The molecule has 3 nitrogen and oxygen atoms in total. The summed E-state index contributed by atoms with van der Waals surface area (Å²) in [6.07, 6.45) is 3.32. The molecule has 1 aromatic rings. The number of nitrogens with zero attached hydrogens (tertiary/aromatic N) is 2. The van der Waals surface area contributed by atoms with Crippen LogP contribution >= 0.6 is 11.8 Å². The van der Waals surface area contributed by atoms with Crippen LogP contribution < -0.4 is 10.6 Å². The third-order valence-corrected chi connectivity index (χ3v) is 4.12. The minimum Gasteiger partial charge on any atom is -0.357 e. The van der Waals surface area contributed by atoms with Gasteiger partial charge in [0.1, 0.15) is 5.82 Å². The second-order valence-electron chi connectivity index (χ2n) is 5.36. The molecule has 0 saturated heterocycles. The number of hydrogen-bond donors (Lipinski definition) is 1. The van der Waals surface area contributed by atoms with Crippen molar-refractivity contribution in [1.29, 1.82) is 0 Å². The quantitative estimate of drug-likeness (QED) is 0.833. The number of pyridine rings is 1. The number of nitrogens with two attached hydrogens (primary N) is 1.